The Hall–Kier alpha value is -0.610. The maximum absolute atomic E-state index is 11.8. The maximum Gasteiger partial charge on any atom is 0.227 e. The first kappa shape index (κ1) is 13.5. The molecule has 1 aliphatic heterocycles. The van der Waals surface area contributed by atoms with Gasteiger partial charge in [0.1, 0.15) is 0 Å². The molecule has 1 heterocycles. The van der Waals surface area contributed by atoms with E-state index in [1.165, 1.54) is 0 Å². The highest BCUT2D eigenvalue weighted by Crippen LogP contribution is 2.13. The molecule has 4 nitrogen and oxygen atoms in total. The van der Waals surface area contributed by atoms with E-state index in [0.29, 0.717) is 19.1 Å². The Balaban J connectivity index is 2.27. The van der Waals surface area contributed by atoms with Gasteiger partial charge in [0, 0.05) is 12.1 Å². The lowest BCUT2D eigenvalue weighted by atomic mass is 10.0. The number of hydrogen-bond acceptors (Lipinski definition) is 3. The van der Waals surface area contributed by atoms with Crippen LogP contribution in [0, 0.1) is 11.8 Å². The van der Waals surface area contributed by atoms with Crippen LogP contribution in [0.2, 0.25) is 0 Å². The van der Waals surface area contributed by atoms with E-state index in [-0.39, 0.29) is 23.9 Å². The van der Waals surface area contributed by atoms with Gasteiger partial charge in [-0.05, 0) is 25.7 Å². The van der Waals surface area contributed by atoms with Crippen molar-refractivity contribution in [2.24, 2.45) is 17.6 Å². The second-order valence-electron chi connectivity index (χ2n) is 5.19. The second-order valence-corrected chi connectivity index (χ2v) is 5.19. The van der Waals surface area contributed by atoms with Gasteiger partial charge in [0.05, 0.1) is 19.1 Å². The van der Waals surface area contributed by atoms with Crippen molar-refractivity contribution in [3.8, 4) is 0 Å². The van der Waals surface area contributed by atoms with Gasteiger partial charge in [-0.1, -0.05) is 13.8 Å². The smallest absolute Gasteiger partial charge is 0.227 e. The van der Waals surface area contributed by atoms with Crippen molar-refractivity contribution in [2.75, 3.05) is 13.2 Å². The second kappa shape index (κ2) is 6.21. The zero-order valence-electron chi connectivity index (χ0n) is 10.5. The van der Waals surface area contributed by atoms with Crippen LogP contribution in [0.4, 0.5) is 0 Å². The molecule has 0 aromatic carbocycles. The molecule has 94 valence electrons. The number of hydrogen-bond donors (Lipinski definition) is 2. The number of carbonyl (C=O) groups excluding carboxylic acids is 1. The van der Waals surface area contributed by atoms with Gasteiger partial charge < -0.3 is 15.8 Å². The summed E-state index contributed by atoms with van der Waals surface area (Å²) < 4.78 is 5.18. The number of rotatable bonds is 5. The number of nitrogens with two attached hydrogens (primary N) is 1. The van der Waals surface area contributed by atoms with Crippen LogP contribution in [0.5, 0.6) is 0 Å². The molecule has 3 N–H and O–H groups in total. The summed E-state index contributed by atoms with van der Waals surface area (Å²) in [7, 11) is 0. The summed E-state index contributed by atoms with van der Waals surface area (Å²) in [6, 6.07) is 0.0833. The third-order valence-corrected chi connectivity index (χ3v) is 3.03. The van der Waals surface area contributed by atoms with Crippen LogP contribution in [0.25, 0.3) is 0 Å². The monoisotopic (exact) mass is 228 g/mol. The van der Waals surface area contributed by atoms with E-state index in [0.717, 1.165) is 12.8 Å². The van der Waals surface area contributed by atoms with Gasteiger partial charge in [-0.3, -0.25) is 4.79 Å². The average molecular weight is 228 g/mol. The van der Waals surface area contributed by atoms with Crippen molar-refractivity contribution in [3.63, 3.8) is 0 Å². The molecule has 0 saturated carbocycles. The standard InChI is InChI=1S/C12H24N2O2/c1-8(2)4-5-9(3)14-12(15)10-6-16-7-11(10)13/h8-11H,4-7,13H2,1-3H3,(H,14,15). The molecule has 1 saturated heterocycles. The summed E-state index contributed by atoms with van der Waals surface area (Å²) in [6.07, 6.45) is 2.15. The third-order valence-electron chi connectivity index (χ3n) is 3.03. The Labute approximate surface area is 97.9 Å². The van der Waals surface area contributed by atoms with E-state index >= 15 is 0 Å². The molecule has 0 bridgehead atoms. The van der Waals surface area contributed by atoms with E-state index in [1.807, 2.05) is 6.92 Å². The lowest BCUT2D eigenvalue weighted by molar-refractivity contribution is -0.125. The van der Waals surface area contributed by atoms with Crippen LogP contribution in [0.3, 0.4) is 0 Å². The Kier molecular flexibility index (Phi) is 5.22. The summed E-state index contributed by atoms with van der Waals surface area (Å²) in [5, 5.41) is 3.01. The molecule has 0 aliphatic carbocycles. The highest BCUT2D eigenvalue weighted by Gasteiger charge is 2.31. The van der Waals surface area contributed by atoms with Gasteiger partial charge in [-0.15, -0.1) is 0 Å². The zero-order valence-corrected chi connectivity index (χ0v) is 10.5. The molecule has 1 amide bonds. The van der Waals surface area contributed by atoms with Crippen LogP contribution in [-0.2, 0) is 9.53 Å². The number of ether oxygens (including phenoxy) is 1. The lowest BCUT2D eigenvalue weighted by Gasteiger charge is -2.19. The van der Waals surface area contributed by atoms with E-state index in [2.05, 4.69) is 19.2 Å². The van der Waals surface area contributed by atoms with Crippen molar-refractivity contribution in [1.29, 1.82) is 0 Å². The summed E-state index contributed by atoms with van der Waals surface area (Å²) in [5.74, 6) is 0.555. The number of nitrogens with one attached hydrogen (secondary N) is 1. The Morgan fingerprint density at radius 2 is 2.06 bits per heavy atom. The molecule has 1 fully saturated rings. The van der Waals surface area contributed by atoms with Crippen LogP contribution < -0.4 is 11.1 Å². The molecule has 16 heavy (non-hydrogen) atoms. The van der Waals surface area contributed by atoms with E-state index < -0.39 is 0 Å². The summed E-state index contributed by atoms with van der Waals surface area (Å²) in [4.78, 5) is 11.8. The van der Waals surface area contributed by atoms with Gasteiger partial charge in [-0.2, -0.15) is 0 Å². The van der Waals surface area contributed by atoms with Crippen molar-refractivity contribution < 1.29 is 9.53 Å². The molecule has 0 spiro atoms. The topological polar surface area (TPSA) is 64.3 Å². The first-order valence-corrected chi connectivity index (χ1v) is 6.14. The molecule has 0 radical (unpaired) electrons. The van der Waals surface area contributed by atoms with E-state index in [4.69, 9.17) is 10.5 Å². The first-order valence-electron chi connectivity index (χ1n) is 6.14. The van der Waals surface area contributed by atoms with Crippen LogP contribution in [0.15, 0.2) is 0 Å². The predicted octanol–water partition coefficient (Wildman–Crippen LogP) is 0.901. The normalized spacial score (nSPS) is 27.1. The molecule has 3 unspecified atom stereocenters. The fourth-order valence-corrected chi connectivity index (χ4v) is 1.85. The molecule has 0 aromatic rings. The van der Waals surface area contributed by atoms with Gasteiger partial charge in [-0.25, -0.2) is 0 Å². The van der Waals surface area contributed by atoms with Crippen molar-refractivity contribution in [1.82, 2.24) is 5.32 Å². The summed E-state index contributed by atoms with van der Waals surface area (Å²) >= 11 is 0. The minimum atomic E-state index is -0.165. The lowest BCUT2D eigenvalue weighted by Crippen LogP contribution is -2.44. The highest BCUT2D eigenvalue weighted by atomic mass is 16.5. The maximum atomic E-state index is 11.8. The zero-order chi connectivity index (χ0) is 12.1. The van der Waals surface area contributed by atoms with E-state index in [1.54, 1.807) is 0 Å². The third kappa shape index (κ3) is 4.10. The SMILES string of the molecule is CC(C)CCC(C)NC(=O)C1COCC1N. The van der Waals surface area contributed by atoms with Gasteiger partial charge >= 0.3 is 0 Å². The highest BCUT2D eigenvalue weighted by molar-refractivity contribution is 5.80. The van der Waals surface area contributed by atoms with Crippen LogP contribution >= 0.6 is 0 Å². The van der Waals surface area contributed by atoms with Crippen molar-refractivity contribution >= 4 is 5.91 Å². The fraction of sp³-hybridized carbons (Fsp3) is 0.917. The molecular weight excluding hydrogens is 204 g/mol. The number of carbonyl (C=O) groups is 1. The van der Waals surface area contributed by atoms with Crippen molar-refractivity contribution in [2.45, 2.75) is 45.7 Å². The number of amides is 1. The van der Waals surface area contributed by atoms with E-state index in [9.17, 15) is 4.79 Å². The van der Waals surface area contributed by atoms with Crippen LogP contribution in [-0.4, -0.2) is 31.2 Å². The molecule has 3 atom stereocenters. The first-order chi connectivity index (χ1) is 7.50. The minimum Gasteiger partial charge on any atom is -0.379 e. The summed E-state index contributed by atoms with van der Waals surface area (Å²) in [6.45, 7) is 7.38. The minimum absolute atomic E-state index is 0.0428. The van der Waals surface area contributed by atoms with Gasteiger partial charge in [0.2, 0.25) is 5.91 Å². The fourth-order valence-electron chi connectivity index (χ4n) is 1.85. The van der Waals surface area contributed by atoms with Crippen molar-refractivity contribution in [3.05, 3.63) is 0 Å². The Morgan fingerprint density at radius 1 is 1.38 bits per heavy atom. The predicted molar refractivity (Wildman–Crippen MR) is 64.0 cm³/mol. The molecule has 4 heteroatoms. The molecule has 1 rings (SSSR count). The van der Waals surface area contributed by atoms with Gasteiger partial charge in [0.25, 0.3) is 0 Å². The average Bonchev–Trinajstić information content (AvgIpc) is 2.61. The summed E-state index contributed by atoms with van der Waals surface area (Å²) in [5.41, 5.74) is 5.79. The Bertz CT molecular complexity index is 231. The van der Waals surface area contributed by atoms with Gasteiger partial charge in [0.15, 0.2) is 0 Å². The molecule has 1 aliphatic rings. The molecular formula is C12H24N2O2. The molecule has 0 aromatic heterocycles. The van der Waals surface area contributed by atoms with Crippen LogP contribution in [0.1, 0.15) is 33.6 Å². The quantitative estimate of drug-likeness (QED) is 0.735. The Morgan fingerprint density at radius 3 is 2.56 bits per heavy atom. The largest absolute Gasteiger partial charge is 0.379 e.